The molecule has 2 aromatic rings. The molecule has 0 atom stereocenters. The van der Waals surface area contributed by atoms with Gasteiger partial charge in [0, 0.05) is 25.1 Å². The Bertz CT molecular complexity index is 628. The van der Waals surface area contributed by atoms with Crippen molar-refractivity contribution in [3.05, 3.63) is 30.0 Å². The van der Waals surface area contributed by atoms with Crippen molar-refractivity contribution in [2.75, 3.05) is 23.7 Å². The van der Waals surface area contributed by atoms with Crippen molar-refractivity contribution in [3.63, 3.8) is 0 Å². The topological polar surface area (TPSA) is 83.7 Å². The Hall–Kier alpha value is -2.32. The molecular formula is C13H15F3N6. The molecule has 9 heteroatoms. The summed E-state index contributed by atoms with van der Waals surface area (Å²) in [6, 6.07) is 1.82. The average Bonchev–Trinajstić information content (AvgIpc) is 2.93. The number of H-pyrrole nitrogens is 1. The summed E-state index contributed by atoms with van der Waals surface area (Å²) in [5.74, 6) is -0.271. The van der Waals surface area contributed by atoms with Crippen molar-refractivity contribution >= 4 is 11.5 Å². The van der Waals surface area contributed by atoms with Gasteiger partial charge in [0.25, 0.3) is 0 Å². The predicted octanol–water partition coefficient (Wildman–Crippen LogP) is 2.18. The summed E-state index contributed by atoms with van der Waals surface area (Å²) < 4.78 is 37.3. The van der Waals surface area contributed by atoms with Crippen LogP contribution in [-0.2, 0) is 6.18 Å². The maximum atomic E-state index is 12.4. The second kappa shape index (κ2) is 5.47. The molecule has 0 aromatic carbocycles. The molecule has 118 valence electrons. The summed E-state index contributed by atoms with van der Waals surface area (Å²) in [5, 5.41) is 6.87. The van der Waals surface area contributed by atoms with Gasteiger partial charge in [-0.15, -0.1) is 0 Å². The minimum Gasteiger partial charge on any atom is -0.384 e. The van der Waals surface area contributed by atoms with Crippen LogP contribution >= 0.6 is 0 Å². The van der Waals surface area contributed by atoms with Gasteiger partial charge in [-0.25, -0.2) is 9.97 Å². The van der Waals surface area contributed by atoms with Gasteiger partial charge >= 0.3 is 6.18 Å². The number of anilines is 2. The van der Waals surface area contributed by atoms with Crippen LogP contribution in [0.25, 0.3) is 0 Å². The van der Waals surface area contributed by atoms with Crippen LogP contribution in [0, 0.1) is 0 Å². The third-order valence-corrected chi connectivity index (χ3v) is 3.79. The van der Waals surface area contributed by atoms with Gasteiger partial charge in [0.1, 0.15) is 5.82 Å². The number of hydrogen-bond donors (Lipinski definition) is 2. The van der Waals surface area contributed by atoms with Gasteiger partial charge in [0.05, 0.1) is 23.8 Å². The Morgan fingerprint density at radius 3 is 2.32 bits per heavy atom. The molecule has 1 aliphatic rings. The number of hydrogen-bond acceptors (Lipinski definition) is 5. The molecule has 1 fully saturated rings. The number of nitrogen functional groups attached to an aromatic ring is 1. The van der Waals surface area contributed by atoms with E-state index in [1.54, 1.807) is 0 Å². The number of rotatable bonds is 2. The number of aromatic nitrogens is 4. The van der Waals surface area contributed by atoms with E-state index < -0.39 is 12.0 Å². The highest BCUT2D eigenvalue weighted by Gasteiger charge is 2.34. The third-order valence-electron chi connectivity index (χ3n) is 3.79. The molecule has 0 aliphatic carbocycles. The van der Waals surface area contributed by atoms with E-state index in [4.69, 9.17) is 5.73 Å². The van der Waals surface area contributed by atoms with Crippen LogP contribution in [0.3, 0.4) is 0 Å². The van der Waals surface area contributed by atoms with Crippen molar-refractivity contribution < 1.29 is 13.2 Å². The molecule has 0 bridgehead atoms. The van der Waals surface area contributed by atoms with E-state index in [0.717, 1.165) is 18.5 Å². The first-order valence-corrected chi connectivity index (χ1v) is 6.88. The number of alkyl halides is 3. The molecular weight excluding hydrogens is 297 g/mol. The number of halogens is 3. The van der Waals surface area contributed by atoms with E-state index in [-0.39, 0.29) is 0 Å². The smallest absolute Gasteiger partial charge is 0.384 e. The standard InChI is InChI=1S/C13H15F3N6/c14-13(15,16)12-18-6-9(7-19-12)22-3-1-8(2-4-22)10-5-11(17)21-20-10/h5-8H,1-4H2,(H3,17,20,21). The molecule has 0 saturated carbocycles. The van der Waals surface area contributed by atoms with Gasteiger partial charge in [0.15, 0.2) is 0 Å². The van der Waals surface area contributed by atoms with E-state index in [1.807, 2.05) is 11.0 Å². The lowest BCUT2D eigenvalue weighted by Crippen LogP contribution is -2.33. The second-order valence-corrected chi connectivity index (χ2v) is 5.27. The minimum atomic E-state index is -4.51. The zero-order valence-electron chi connectivity index (χ0n) is 11.6. The average molecular weight is 312 g/mol. The van der Waals surface area contributed by atoms with Crippen molar-refractivity contribution in [1.82, 2.24) is 20.2 Å². The maximum absolute atomic E-state index is 12.4. The molecule has 3 N–H and O–H groups in total. The van der Waals surface area contributed by atoms with E-state index in [0.29, 0.717) is 30.5 Å². The van der Waals surface area contributed by atoms with Gasteiger partial charge in [-0.1, -0.05) is 0 Å². The van der Waals surface area contributed by atoms with Crippen LogP contribution in [0.5, 0.6) is 0 Å². The summed E-state index contributed by atoms with van der Waals surface area (Å²) in [6.07, 6.45) is -0.354. The molecule has 1 aliphatic heterocycles. The fraction of sp³-hybridized carbons (Fsp3) is 0.462. The van der Waals surface area contributed by atoms with Crippen molar-refractivity contribution in [2.45, 2.75) is 24.9 Å². The number of nitrogens with zero attached hydrogens (tertiary/aromatic N) is 4. The second-order valence-electron chi connectivity index (χ2n) is 5.27. The molecule has 0 radical (unpaired) electrons. The Kier molecular flexibility index (Phi) is 3.63. The largest absolute Gasteiger partial charge is 0.451 e. The fourth-order valence-corrected chi connectivity index (χ4v) is 2.63. The third kappa shape index (κ3) is 2.97. The minimum absolute atomic E-state index is 0.306. The van der Waals surface area contributed by atoms with Crippen molar-refractivity contribution in [2.24, 2.45) is 0 Å². The normalized spacial score (nSPS) is 17.0. The Balaban J connectivity index is 1.64. The first-order chi connectivity index (χ1) is 10.4. The van der Waals surface area contributed by atoms with Crippen LogP contribution in [0.2, 0.25) is 0 Å². The van der Waals surface area contributed by atoms with Crippen LogP contribution in [0.4, 0.5) is 24.7 Å². The zero-order chi connectivity index (χ0) is 15.7. The Morgan fingerprint density at radius 2 is 1.82 bits per heavy atom. The van der Waals surface area contributed by atoms with Gasteiger partial charge in [-0.05, 0) is 12.8 Å². The van der Waals surface area contributed by atoms with Gasteiger partial charge in [-0.2, -0.15) is 18.3 Å². The Morgan fingerprint density at radius 1 is 1.18 bits per heavy atom. The van der Waals surface area contributed by atoms with Crippen LogP contribution < -0.4 is 10.6 Å². The lowest BCUT2D eigenvalue weighted by Gasteiger charge is -2.32. The highest BCUT2D eigenvalue weighted by molar-refractivity contribution is 5.43. The number of piperidine rings is 1. The maximum Gasteiger partial charge on any atom is 0.451 e. The predicted molar refractivity (Wildman–Crippen MR) is 74.2 cm³/mol. The summed E-state index contributed by atoms with van der Waals surface area (Å²) in [7, 11) is 0. The molecule has 3 rings (SSSR count). The van der Waals surface area contributed by atoms with Crippen LogP contribution in [-0.4, -0.2) is 33.3 Å². The first kappa shape index (κ1) is 14.6. The number of nitrogens with two attached hydrogens (primary N) is 1. The SMILES string of the molecule is Nc1cc(C2CCN(c3cnc(C(F)(F)F)nc3)CC2)n[nH]1. The lowest BCUT2D eigenvalue weighted by molar-refractivity contribution is -0.144. The van der Waals surface area contributed by atoms with Crippen LogP contribution in [0.15, 0.2) is 18.5 Å². The fourth-order valence-electron chi connectivity index (χ4n) is 2.63. The molecule has 6 nitrogen and oxygen atoms in total. The summed E-state index contributed by atoms with van der Waals surface area (Å²) in [5.41, 5.74) is 7.15. The highest BCUT2D eigenvalue weighted by atomic mass is 19.4. The summed E-state index contributed by atoms with van der Waals surface area (Å²) in [6.45, 7) is 1.43. The molecule has 1 saturated heterocycles. The highest BCUT2D eigenvalue weighted by Crippen LogP contribution is 2.30. The van der Waals surface area contributed by atoms with Gasteiger partial charge in [0.2, 0.25) is 5.82 Å². The van der Waals surface area contributed by atoms with E-state index >= 15 is 0 Å². The summed E-state index contributed by atoms with van der Waals surface area (Å²) >= 11 is 0. The molecule has 0 amide bonds. The molecule has 2 aromatic heterocycles. The van der Waals surface area contributed by atoms with Crippen molar-refractivity contribution in [1.29, 1.82) is 0 Å². The lowest BCUT2D eigenvalue weighted by atomic mass is 9.93. The first-order valence-electron chi connectivity index (χ1n) is 6.88. The van der Waals surface area contributed by atoms with Gasteiger partial charge in [-0.3, -0.25) is 5.10 Å². The summed E-state index contributed by atoms with van der Waals surface area (Å²) in [4.78, 5) is 8.77. The van der Waals surface area contributed by atoms with E-state index in [1.165, 1.54) is 12.4 Å². The van der Waals surface area contributed by atoms with Crippen molar-refractivity contribution in [3.8, 4) is 0 Å². The molecule has 3 heterocycles. The molecule has 22 heavy (non-hydrogen) atoms. The van der Waals surface area contributed by atoms with Gasteiger partial charge < -0.3 is 10.6 Å². The zero-order valence-corrected chi connectivity index (χ0v) is 11.6. The quantitative estimate of drug-likeness (QED) is 0.888. The molecule has 0 spiro atoms. The molecule has 0 unspecified atom stereocenters. The van der Waals surface area contributed by atoms with E-state index in [9.17, 15) is 13.2 Å². The number of aromatic amines is 1. The van der Waals surface area contributed by atoms with E-state index in [2.05, 4.69) is 20.2 Å². The monoisotopic (exact) mass is 312 g/mol. The number of nitrogens with one attached hydrogen (secondary N) is 1. The van der Waals surface area contributed by atoms with Crippen LogP contribution in [0.1, 0.15) is 30.3 Å². The Labute approximate surface area is 124 Å².